The van der Waals surface area contributed by atoms with E-state index in [1.807, 2.05) is 6.07 Å². The maximum Gasteiger partial charge on any atom is 0.119 e. The standard InChI is InChI=1S/C15H23NO/c1-17-15-8-5-6-13(12-15)9-10-14-7-3-2-4-11-16-14/h5-6,8,12,14,16H,2-4,7,9-11H2,1H3. The fourth-order valence-electron chi connectivity index (χ4n) is 2.52. The average molecular weight is 233 g/mol. The molecule has 94 valence electrons. The Labute approximate surface area is 104 Å². The Morgan fingerprint density at radius 1 is 1.29 bits per heavy atom. The molecule has 0 radical (unpaired) electrons. The summed E-state index contributed by atoms with van der Waals surface area (Å²) in [4.78, 5) is 0. The van der Waals surface area contributed by atoms with Gasteiger partial charge in [-0.15, -0.1) is 0 Å². The van der Waals surface area contributed by atoms with E-state index in [4.69, 9.17) is 4.74 Å². The molecule has 2 rings (SSSR count). The third kappa shape index (κ3) is 4.04. The van der Waals surface area contributed by atoms with Crippen LogP contribution in [0, 0.1) is 0 Å². The van der Waals surface area contributed by atoms with E-state index in [-0.39, 0.29) is 0 Å². The Balaban J connectivity index is 1.83. The first-order valence-corrected chi connectivity index (χ1v) is 6.75. The molecule has 0 aliphatic carbocycles. The Morgan fingerprint density at radius 3 is 3.12 bits per heavy atom. The summed E-state index contributed by atoms with van der Waals surface area (Å²) in [5, 5.41) is 3.65. The summed E-state index contributed by atoms with van der Waals surface area (Å²) in [6.07, 6.45) is 7.85. The first kappa shape index (κ1) is 12.4. The lowest BCUT2D eigenvalue weighted by Crippen LogP contribution is -2.28. The highest BCUT2D eigenvalue weighted by Crippen LogP contribution is 2.17. The van der Waals surface area contributed by atoms with E-state index in [9.17, 15) is 0 Å². The van der Waals surface area contributed by atoms with Gasteiger partial charge in [0.05, 0.1) is 7.11 Å². The fraction of sp³-hybridized carbons (Fsp3) is 0.600. The van der Waals surface area contributed by atoms with Crippen molar-refractivity contribution >= 4 is 0 Å². The smallest absolute Gasteiger partial charge is 0.119 e. The van der Waals surface area contributed by atoms with Gasteiger partial charge in [-0.25, -0.2) is 0 Å². The zero-order valence-electron chi connectivity index (χ0n) is 10.7. The number of rotatable bonds is 4. The summed E-state index contributed by atoms with van der Waals surface area (Å²) >= 11 is 0. The van der Waals surface area contributed by atoms with Gasteiger partial charge in [-0.2, -0.15) is 0 Å². The van der Waals surface area contributed by atoms with E-state index < -0.39 is 0 Å². The van der Waals surface area contributed by atoms with Gasteiger partial charge in [0.2, 0.25) is 0 Å². The van der Waals surface area contributed by atoms with Gasteiger partial charge in [-0.05, 0) is 49.9 Å². The van der Waals surface area contributed by atoms with E-state index in [2.05, 4.69) is 23.5 Å². The molecule has 1 atom stereocenters. The lowest BCUT2D eigenvalue weighted by Gasteiger charge is -2.15. The van der Waals surface area contributed by atoms with Crippen LogP contribution in [0.15, 0.2) is 24.3 Å². The SMILES string of the molecule is COc1cccc(CCC2CCCCCN2)c1. The van der Waals surface area contributed by atoms with E-state index in [1.54, 1.807) is 7.11 Å². The third-order valence-corrected chi connectivity index (χ3v) is 3.58. The summed E-state index contributed by atoms with van der Waals surface area (Å²) in [6, 6.07) is 9.14. The zero-order chi connectivity index (χ0) is 11.9. The second-order valence-corrected chi connectivity index (χ2v) is 4.89. The van der Waals surface area contributed by atoms with Crippen LogP contribution < -0.4 is 10.1 Å². The molecular weight excluding hydrogens is 210 g/mol. The molecule has 0 saturated carbocycles. The number of hydrogen-bond donors (Lipinski definition) is 1. The van der Waals surface area contributed by atoms with Crippen molar-refractivity contribution in [3.63, 3.8) is 0 Å². The van der Waals surface area contributed by atoms with Crippen molar-refractivity contribution in [1.29, 1.82) is 0 Å². The van der Waals surface area contributed by atoms with Gasteiger partial charge in [-0.1, -0.05) is 25.0 Å². The number of aryl methyl sites for hydroxylation is 1. The summed E-state index contributed by atoms with van der Waals surface area (Å²) in [5.41, 5.74) is 1.38. The van der Waals surface area contributed by atoms with Crippen molar-refractivity contribution in [2.75, 3.05) is 13.7 Å². The maximum absolute atomic E-state index is 5.25. The minimum Gasteiger partial charge on any atom is -0.497 e. The lowest BCUT2D eigenvalue weighted by molar-refractivity contribution is 0.413. The first-order valence-electron chi connectivity index (χ1n) is 6.75. The molecule has 0 amide bonds. The monoisotopic (exact) mass is 233 g/mol. The van der Waals surface area contributed by atoms with Crippen LogP contribution >= 0.6 is 0 Å². The maximum atomic E-state index is 5.25. The van der Waals surface area contributed by atoms with Crippen LogP contribution in [0.2, 0.25) is 0 Å². The molecule has 1 saturated heterocycles. The molecule has 1 aromatic carbocycles. The summed E-state index contributed by atoms with van der Waals surface area (Å²) in [7, 11) is 1.73. The van der Waals surface area contributed by atoms with E-state index in [0.29, 0.717) is 6.04 Å². The molecule has 1 fully saturated rings. The van der Waals surface area contributed by atoms with Crippen LogP contribution in [0.3, 0.4) is 0 Å². The number of nitrogens with one attached hydrogen (secondary N) is 1. The van der Waals surface area contributed by atoms with Crippen LogP contribution in [0.4, 0.5) is 0 Å². The molecule has 17 heavy (non-hydrogen) atoms. The van der Waals surface area contributed by atoms with Crippen molar-refractivity contribution in [1.82, 2.24) is 5.32 Å². The zero-order valence-corrected chi connectivity index (χ0v) is 10.7. The number of methoxy groups -OCH3 is 1. The Hall–Kier alpha value is -1.02. The van der Waals surface area contributed by atoms with Crippen molar-refractivity contribution < 1.29 is 4.74 Å². The van der Waals surface area contributed by atoms with Gasteiger partial charge in [0.1, 0.15) is 5.75 Å². The van der Waals surface area contributed by atoms with Crippen LogP contribution in [0.1, 0.15) is 37.7 Å². The summed E-state index contributed by atoms with van der Waals surface area (Å²) < 4.78 is 5.25. The van der Waals surface area contributed by atoms with Crippen molar-refractivity contribution in [2.24, 2.45) is 0 Å². The molecule has 2 nitrogen and oxygen atoms in total. The first-order chi connectivity index (χ1) is 8.38. The quantitative estimate of drug-likeness (QED) is 0.862. The number of hydrogen-bond acceptors (Lipinski definition) is 2. The highest BCUT2D eigenvalue weighted by Gasteiger charge is 2.11. The highest BCUT2D eigenvalue weighted by molar-refractivity contribution is 5.28. The van der Waals surface area contributed by atoms with Crippen molar-refractivity contribution in [3.8, 4) is 5.75 Å². The van der Waals surface area contributed by atoms with Crippen LogP contribution in [-0.2, 0) is 6.42 Å². The van der Waals surface area contributed by atoms with E-state index >= 15 is 0 Å². The van der Waals surface area contributed by atoms with Gasteiger partial charge in [0.25, 0.3) is 0 Å². The van der Waals surface area contributed by atoms with Crippen molar-refractivity contribution in [3.05, 3.63) is 29.8 Å². The van der Waals surface area contributed by atoms with Gasteiger partial charge < -0.3 is 10.1 Å². The average Bonchev–Trinajstić information content (AvgIpc) is 2.65. The Morgan fingerprint density at radius 2 is 2.24 bits per heavy atom. The largest absolute Gasteiger partial charge is 0.497 e. The second kappa shape index (κ2) is 6.65. The normalized spacial score (nSPS) is 20.9. The van der Waals surface area contributed by atoms with Gasteiger partial charge in [0.15, 0.2) is 0 Å². The molecule has 1 unspecified atom stereocenters. The van der Waals surface area contributed by atoms with Crippen LogP contribution in [0.5, 0.6) is 5.75 Å². The molecule has 1 aromatic rings. The molecule has 1 N–H and O–H groups in total. The van der Waals surface area contributed by atoms with Crippen molar-refractivity contribution in [2.45, 2.75) is 44.6 Å². The number of ether oxygens (including phenoxy) is 1. The molecule has 0 bridgehead atoms. The highest BCUT2D eigenvalue weighted by atomic mass is 16.5. The van der Waals surface area contributed by atoms with Crippen LogP contribution in [-0.4, -0.2) is 19.7 Å². The minimum absolute atomic E-state index is 0.712. The second-order valence-electron chi connectivity index (χ2n) is 4.89. The number of benzene rings is 1. The van der Waals surface area contributed by atoms with Gasteiger partial charge >= 0.3 is 0 Å². The summed E-state index contributed by atoms with van der Waals surface area (Å²) in [5.74, 6) is 0.969. The summed E-state index contributed by atoms with van der Waals surface area (Å²) in [6.45, 7) is 1.20. The molecule has 1 aliphatic heterocycles. The topological polar surface area (TPSA) is 21.3 Å². The van der Waals surface area contributed by atoms with E-state index in [1.165, 1.54) is 44.2 Å². The van der Waals surface area contributed by atoms with E-state index in [0.717, 1.165) is 12.2 Å². The van der Waals surface area contributed by atoms with Gasteiger partial charge in [-0.3, -0.25) is 0 Å². The molecule has 1 heterocycles. The molecule has 0 spiro atoms. The third-order valence-electron chi connectivity index (χ3n) is 3.58. The Bertz CT molecular complexity index is 329. The predicted octanol–water partition coefficient (Wildman–Crippen LogP) is 3.16. The Kier molecular flexibility index (Phi) is 4.87. The molecule has 1 aliphatic rings. The van der Waals surface area contributed by atoms with Crippen LogP contribution in [0.25, 0.3) is 0 Å². The lowest BCUT2D eigenvalue weighted by atomic mass is 10.0. The minimum atomic E-state index is 0.712. The molecule has 2 heteroatoms. The fourth-order valence-corrected chi connectivity index (χ4v) is 2.52. The molecular formula is C15H23NO. The van der Waals surface area contributed by atoms with Gasteiger partial charge in [0, 0.05) is 6.04 Å². The predicted molar refractivity (Wildman–Crippen MR) is 71.6 cm³/mol. The molecule has 0 aromatic heterocycles.